The van der Waals surface area contributed by atoms with Gasteiger partial charge in [0.1, 0.15) is 0 Å². The lowest BCUT2D eigenvalue weighted by Crippen LogP contribution is -2.55. The molecule has 2 aliphatic rings. The monoisotopic (exact) mass is 198 g/mol. The Hall–Kier alpha value is -0.610. The van der Waals surface area contributed by atoms with E-state index in [0.29, 0.717) is 6.54 Å². The fourth-order valence-corrected chi connectivity index (χ4v) is 2.46. The summed E-state index contributed by atoms with van der Waals surface area (Å²) >= 11 is 0. The predicted molar refractivity (Wildman–Crippen MR) is 52.8 cm³/mol. The van der Waals surface area contributed by atoms with Crippen molar-refractivity contribution in [3.05, 3.63) is 0 Å². The fourth-order valence-electron chi connectivity index (χ4n) is 2.46. The van der Waals surface area contributed by atoms with Crippen LogP contribution in [0.5, 0.6) is 0 Å². The Kier molecular flexibility index (Phi) is 3.03. The Morgan fingerprint density at radius 3 is 2.86 bits per heavy atom. The molecule has 0 spiro atoms. The van der Waals surface area contributed by atoms with Crippen LogP contribution in [0.4, 0.5) is 0 Å². The van der Waals surface area contributed by atoms with Crippen molar-refractivity contribution in [2.45, 2.75) is 37.8 Å². The van der Waals surface area contributed by atoms with E-state index < -0.39 is 0 Å². The second kappa shape index (κ2) is 4.28. The lowest BCUT2D eigenvalue weighted by Gasteiger charge is -2.39. The van der Waals surface area contributed by atoms with Gasteiger partial charge in [0.05, 0.1) is 12.6 Å². The zero-order valence-electron chi connectivity index (χ0n) is 8.41. The number of aliphatic hydroxyl groups excluding tert-OH is 1. The van der Waals surface area contributed by atoms with Crippen LogP contribution in [0.2, 0.25) is 0 Å². The number of hydrogen-bond acceptors (Lipinski definition) is 3. The Morgan fingerprint density at radius 1 is 1.36 bits per heavy atom. The second-order valence-electron chi connectivity index (χ2n) is 4.24. The number of nitrogens with one attached hydrogen (secondary N) is 1. The molecule has 2 N–H and O–H groups in total. The standard InChI is InChI=1S/C10H18N2O2/c13-9-4-2-1-3-8(9)12-6-5-11-10(14)7-12/h8-9,13H,1-7H2,(H,11,14)/t8-,9-/m0/s1. The van der Waals surface area contributed by atoms with Gasteiger partial charge in [-0.1, -0.05) is 12.8 Å². The van der Waals surface area contributed by atoms with Crippen LogP contribution in [0.3, 0.4) is 0 Å². The molecule has 4 nitrogen and oxygen atoms in total. The third-order valence-corrected chi connectivity index (χ3v) is 3.23. The molecule has 0 radical (unpaired) electrons. The first kappa shape index (κ1) is 9.93. The van der Waals surface area contributed by atoms with Crippen LogP contribution in [0, 0.1) is 0 Å². The van der Waals surface area contributed by atoms with Crippen LogP contribution in [0.15, 0.2) is 0 Å². The second-order valence-corrected chi connectivity index (χ2v) is 4.24. The highest BCUT2D eigenvalue weighted by Crippen LogP contribution is 2.23. The van der Waals surface area contributed by atoms with Crippen molar-refractivity contribution in [1.29, 1.82) is 0 Å². The van der Waals surface area contributed by atoms with Crippen LogP contribution in [-0.4, -0.2) is 47.7 Å². The van der Waals surface area contributed by atoms with Crippen molar-refractivity contribution in [3.63, 3.8) is 0 Å². The summed E-state index contributed by atoms with van der Waals surface area (Å²) in [7, 11) is 0. The molecule has 2 rings (SSSR count). The number of amides is 1. The fraction of sp³-hybridized carbons (Fsp3) is 0.900. The van der Waals surface area contributed by atoms with Gasteiger partial charge in [0, 0.05) is 19.1 Å². The molecule has 1 heterocycles. The summed E-state index contributed by atoms with van der Waals surface area (Å²) in [5.41, 5.74) is 0. The van der Waals surface area contributed by atoms with Crippen LogP contribution >= 0.6 is 0 Å². The summed E-state index contributed by atoms with van der Waals surface area (Å²) in [6.45, 7) is 2.07. The first-order valence-corrected chi connectivity index (χ1v) is 5.46. The first-order chi connectivity index (χ1) is 6.77. The summed E-state index contributed by atoms with van der Waals surface area (Å²) in [5.74, 6) is 0.0917. The molecule has 1 saturated carbocycles. The minimum Gasteiger partial charge on any atom is -0.391 e. The van der Waals surface area contributed by atoms with E-state index in [1.807, 2.05) is 0 Å². The van der Waals surface area contributed by atoms with Gasteiger partial charge in [-0.25, -0.2) is 0 Å². The van der Waals surface area contributed by atoms with E-state index in [2.05, 4.69) is 10.2 Å². The van der Waals surface area contributed by atoms with Gasteiger partial charge >= 0.3 is 0 Å². The summed E-state index contributed by atoms with van der Waals surface area (Å²) in [6.07, 6.45) is 4.00. The number of piperazine rings is 1. The molecule has 14 heavy (non-hydrogen) atoms. The summed E-state index contributed by atoms with van der Waals surface area (Å²) < 4.78 is 0. The normalized spacial score (nSPS) is 35.4. The molecule has 0 bridgehead atoms. The maximum atomic E-state index is 11.2. The van der Waals surface area contributed by atoms with Gasteiger partial charge in [0.2, 0.25) is 5.91 Å². The van der Waals surface area contributed by atoms with Crippen molar-refractivity contribution in [2.75, 3.05) is 19.6 Å². The average Bonchev–Trinajstić information content (AvgIpc) is 2.18. The van der Waals surface area contributed by atoms with Gasteiger partial charge in [-0.15, -0.1) is 0 Å². The number of hydrogen-bond donors (Lipinski definition) is 2. The van der Waals surface area contributed by atoms with E-state index in [0.717, 1.165) is 32.4 Å². The van der Waals surface area contributed by atoms with Crippen molar-refractivity contribution in [3.8, 4) is 0 Å². The van der Waals surface area contributed by atoms with Crippen molar-refractivity contribution in [1.82, 2.24) is 10.2 Å². The van der Waals surface area contributed by atoms with E-state index in [-0.39, 0.29) is 18.1 Å². The van der Waals surface area contributed by atoms with Gasteiger partial charge < -0.3 is 10.4 Å². The molecular formula is C10H18N2O2. The Balaban J connectivity index is 1.94. The molecule has 0 aromatic heterocycles. The lowest BCUT2D eigenvalue weighted by molar-refractivity contribution is -0.126. The molecule has 0 unspecified atom stereocenters. The number of carbonyl (C=O) groups excluding carboxylic acids is 1. The van der Waals surface area contributed by atoms with Crippen molar-refractivity contribution < 1.29 is 9.90 Å². The van der Waals surface area contributed by atoms with Gasteiger partial charge in [-0.3, -0.25) is 9.69 Å². The Morgan fingerprint density at radius 2 is 2.14 bits per heavy atom. The largest absolute Gasteiger partial charge is 0.391 e. The van der Waals surface area contributed by atoms with Gasteiger partial charge in [0.15, 0.2) is 0 Å². The van der Waals surface area contributed by atoms with Crippen LogP contribution in [-0.2, 0) is 4.79 Å². The Bertz CT molecular complexity index is 220. The smallest absolute Gasteiger partial charge is 0.234 e. The highest BCUT2D eigenvalue weighted by atomic mass is 16.3. The highest BCUT2D eigenvalue weighted by Gasteiger charge is 2.31. The number of aliphatic hydroxyl groups is 1. The number of rotatable bonds is 1. The minimum atomic E-state index is -0.227. The van der Waals surface area contributed by atoms with Gasteiger partial charge in [-0.05, 0) is 12.8 Å². The number of carbonyl (C=O) groups is 1. The van der Waals surface area contributed by atoms with Crippen LogP contribution in [0.1, 0.15) is 25.7 Å². The molecule has 80 valence electrons. The minimum absolute atomic E-state index is 0.0917. The van der Waals surface area contributed by atoms with Crippen LogP contribution in [0.25, 0.3) is 0 Å². The third kappa shape index (κ3) is 2.07. The molecule has 2 atom stereocenters. The predicted octanol–water partition coefficient (Wildman–Crippen LogP) is -0.278. The molecule has 0 aromatic carbocycles. The average molecular weight is 198 g/mol. The topological polar surface area (TPSA) is 52.6 Å². The van der Waals surface area contributed by atoms with E-state index in [1.165, 1.54) is 6.42 Å². The van der Waals surface area contributed by atoms with Crippen molar-refractivity contribution in [2.24, 2.45) is 0 Å². The lowest BCUT2D eigenvalue weighted by atomic mass is 9.91. The molecule has 1 aliphatic carbocycles. The Labute approximate surface area is 84.3 Å². The first-order valence-electron chi connectivity index (χ1n) is 5.46. The maximum absolute atomic E-state index is 11.2. The maximum Gasteiger partial charge on any atom is 0.234 e. The zero-order chi connectivity index (χ0) is 9.97. The van der Waals surface area contributed by atoms with E-state index in [9.17, 15) is 9.90 Å². The summed E-state index contributed by atoms with van der Waals surface area (Å²) in [4.78, 5) is 13.3. The summed E-state index contributed by atoms with van der Waals surface area (Å²) in [5, 5.41) is 12.6. The quantitative estimate of drug-likeness (QED) is 0.609. The molecular weight excluding hydrogens is 180 g/mol. The molecule has 4 heteroatoms. The van der Waals surface area contributed by atoms with Gasteiger partial charge in [0.25, 0.3) is 0 Å². The SMILES string of the molecule is O=C1CN([C@H]2CCCC[C@@H]2O)CCN1. The molecule has 1 aliphatic heterocycles. The van der Waals surface area contributed by atoms with E-state index >= 15 is 0 Å². The molecule has 2 fully saturated rings. The van der Waals surface area contributed by atoms with Crippen LogP contribution < -0.4 is 5.32 Å². The van der Waals surface area contributed by atoms with E-state index in [4.69, 9.17) is 0 Å². The third-order valence-electron chi connectivity index (χ3n) is 3.23. The van der Waals surface area contributed by atoms with E-state index in [1.54, 1.807) is 0 Å². The highest BCUT2D eigenvalue weighted by molar-refractivity contribution is 5.78. The van der Waals surface area contributed by atoms with Gasteiger partial charge in [-0.2, -0.15) is 0 Å². The molecule has 1 saturated heterocycles. The number of nitrogens with zero attached hydrogens (tertiary/aromatic N) is 1. The van der Waals surface area contributed by atoms with Crippen molar-refractivity contribution >= 4 is 5.91 Å². The molecule has 0 aromatic rings. The summed E-state index contributed by atoms with van der Waals surface area (Å²) in [6, 6.07) is 0.217. The zero-order valence-corrected chi connectivity index (χ0v) is 8.41. The molecule has 1 amide bonds.